The molecule has 1 heterocycles. The number of rotatable bonds is 0. The van der Waals surface area contributed by atoms with Gasteiger partial charge in [-0.15, -0.1) is 0 Å². The zero-order chi connectivity index (χ0) is 15.1. The summed E-state index contributed by atoms with van der Waals surface area (Å²) in [6.07, 6.45) is 1.70. The van der Waals surface area contributed by atoms with Gasteiger partial charge in [-0.1, -0.05) is 15.9 Å². The first-order valence-corrected chi connectivity index (χ1v) is 7.79. The van der Waals surface area contributed by atoms with Crippen LogP contribution in [0.3, 0.4) is 0 Å². The van der Waals surface area contributed by atoms with Crippen molar-refractivity contribution in [3.63, 3.8) is 0 Å². The van der Waals surface area contributed by atoms with Crippen molar-refractivity contribution in [1.82, 2.24) is 0 Å². The molecule has 0 spiro atoms. The normalized spacial score (nSPS) is 18.7. The largest absolute Gasteiger partial charge is 0.443 e. The highest BCUT2D eigenvalue weighted by Crippen LogP contribution is 2.36. The van der Waals surface area contributed by atoms with E-state index in [0.29, 0.717) is 0 Å². The third kappa shape index (κ3) is 3.17. The molecular formula is C16H22BrNO2. The summed E-state index contributed by atoms with van der Waals surface area (Å²) in [4.78, 5) is 14.3. The Morgan fingerprint density at radius 2 is 2.05 bits per heavy atom. The molecule has 0 unspecified atom stereocenters. The molecule has 1 aliphatic rings. The van der Waals surface area contributed by atoms with Crippen LogP contribution >= 0.6 is 15.9 Å². The van der Waals surface area contributed by atoms with Crippen molar-refractivity contribution in [3.05, 3.63) is 27.7 Å². The van der Waals surface area contributed by atoms with Crippen LogP contribution in [0, 0.1) is 6.92 Å². The molecule has 1 atom stereocenters. The van der Waals surface area contributed by atoms with Gasteiger partial charge in [-0.3, -0.25) is 4.90 Å². The first-order valence-electron chi connectivity index (χ1n) is 7.00. The average molecular weight is 340 g/mol. The Morgan fingerprint density at radius 1 is 1.40 bits per heavy atom. The summed E-state index contributed by atoms with van der Waals surface area (Å²) in [5, 5.41) is 0. The number of hydrogen-bond acceptors (Lipinski definition) is 2. The van der Waals surface area contributed by atoms with Crippen LogP contribution in [0.15, 0.2) is 16.6 Å². The lowest BCUT2D eigenvalue weighted by atomic mass is 9.94. The number of benzene rings is 1. The molecule has 3 nitrogen and oxygen atoms in total. The van der Waals surface area contributed by atoms with Gasteiger partial charge in [-0.05, 0) is 70.7 Å². The Balaban J connectivity index is 2.42. The van der Waals surface area contributed by atoms with Gasteiger partial charge < -0.3 is 4.74 Å². The van der Waals surface area contributed by atoms with Gasteiger partial charge in [0.05, 0.1) is 5.69 Å². The Hall–Kier alpha value is -1.03. The number of carbonyl (C=O) groups is 1. The summed E-state index contributed by atoms with van der Waals surface area (Å²) >= 11 is 3.53. The van der Waals surface area contributed by atoms with Crippen molar-refractivity contribution in [1.29, 1.82) is 0 Å². The molecule has 20 heavy (non-hydrogen) atoms. The number of aryl methyl sites for hydroxylation is 2. The number of nitrogens with zero attached hydrogens (tertiary/aromatic N) is 1. The highest BCUT2D eigenvalue weighted by atomic mass is 79.9. The molecule has 1 aromatic rings. The van der Waals surface area contributed by atoms with E-state index in [4.69, 9.17) is 4.74 Å². The first-order chi connectivity index (χ1) is 9.19. The molecule has 0 N–H and O–H groups in total. The Labute approximate surface area is 129 Å². The molecule has 0 saturated heterocycles. The highest BCUT2D eigenvalue weighted by Gasteiger charge is 2.32. The number of halogens is 1. The van der Waals surface area contributed by atoms with Gasteiger partial charge in [0.15, 0.2) is 0 Å². The monoisotopic (exact) mass is 339 g/mol. The molecule has 1 amide bonds. The van der Waals surface area contributed by atoms with E-state index in [9.17, 15) is 4.79 Å². The lowest BCUT2D eigenvalue weighted by Crippen LogP contribution is -2.45. The van der Waals surface area contributed by atoms with E-state index in [0.717, 1.165) is 28.6 Å². The van der Waals surface area contributed by atoms with E-state index in [-0.39, 0.29) is 12.1 Å². The van der Waals surface area contributed by atoms with Gasteiger partial charge in [-0.2, -0.15) is 0 Å². The molecule has 1 aliphatic heterocycles. The van der Waals surface area contributed by atoms with Crippen molar-refractivity contribution in [2.24, 2.45) is 0 Å². The quantitative estimate of drug-likeness (QED) is 0.677. The van der Waals surface area contributed by atoms with E-state index < -0.39 is 5.60 Å². The molecule has 0 fully saturated rings. The highest BCUT2D eigenvalue weighted by molar-refractivity contribution is 9.10. The van der Waals surface area contributed by atoms with Crippen LogP contribution in [0.1, 0.15) is 45.2 Å². The van der Waals surface area contributed by atoms with Crippen LogP contribution in [0.2, 0.25) is 0 Å². The SMILES string of the molecule is Cc1cc(Br)cc2c1N(C(=O)OC(C)(C)C)[C@@H](C)CC2. The van der Waals surface area contributed by atoms with Gasteiger partial charge in [0, 0.05) is 10.5 Å². The van der Waals surface area contributed by atoms with Gasteiger partial charge in [-0.25, -0.2) is 4.79 Å². The fourth-order valence-electron chi connectivity index (χ4n) is 2.64. The molecule has 0 saturated carbocycles. The smallest absolute Gasteiger partial charge is 0.415 e. The Kier molecular flexibility index (Phi) is 4.14. The lowest BCUT2D eigenvalue weighted by molar-refractivity contribution is 0.0563. The molecule has 4 heteroatoms. The molecule has 2 rings (SSSR count). The maximum absolute atomic E-state index is 12.5. The van der Waals surface area contributed by atoms with Crippen LogP contribution in [0.4, 0.5) is 10.5 Å². The Morgan fingerprint density at radius 3 is 2.65 bits per heavy atom. The van der Waals surface area contributed by atoms with E-state index >= 15 is 0 Å². The van der Waals surface area contributed by atoms with Crippen molar-refractivity contribution in [2.45, 2.75) is 59.1 Å². The van der Waals surface area contributed by atoms with Gasteiger partial charge in [0.25, 0.3) is 0 Å². The molecule has 0 bridgehead atoms. The minimum Gasteiger partial charge on any atom is -0.443 e. The summed E-state index contributed by atoms with van der Waals surface area (Å²) in [5.41, 5.74) is 2.85. The third-order valence-electron chi connectivity index (χ3n) is 3.45. The average Bonchev–Trinajstić information content (AvgIpc) is 2.27. The topological polar surface area (TPSA) is 29.5 Å². The van der Waals surface area contributed by atoms with Crippen molar-refractivity contribution in [3.8, 4) is 0 Å². The van der Waals surface area contributed by atoms with Crippen LogP contribution in [0.5, 0.6) is 0 Å². The maximum Gasteiger partial charge on any atom is 0.415 e. The second-order valence-corrected chi connectivity index (χ2v) is 7.38. The molecular weight excluding hydrogens is 318 g/mol. The maximum atomic E-state index is 12.5. The molecule has 1 aromatic carbocycles. The fraction of sp³-hybridized carbons (Fsp3) is 0.562. The van der Waals surface area contributed by atoms with Crippen LogP contribution in [0.25, 0.3) is 0 Å². The third-order valence-corrected chi connectivity index (χ3v) is 3.91. The number of hydrogen-bond donors (Lipinski definition) is 0. The standard InChI is InChI=1S/C16H22BrNO2/c1-10-8-13(17)9-12-7-6-11(2)18(14(10)12)15(19)20-16(3,4)5/h8-9,11H,6-7H2,1-5H3/t11-/m0/s1. The summed E-state index contributed by atoms with van der Waals surface area (Å²) in [6.45, 7) is 9.81. The zero-order valence-corrected chi connectivity index (χ0v) is 14.4. The predicted octanol–water partition coefficient (Wildman–Crippen LogP) is 4.83. The van der Waals surface area contributed by atoms with Crippen LogP contribution in [-0.2, 0) is 11.2 Å². The van der Waals surface area contributed by atoms with Crippen LogP contribution in [-0.4, -0.2) is 17.7 Å². The van der Waals surface area contributed by atoms with E-state index in [2.05, 4.69) is 28.9 Å². The first kappa shape index (κ1) is 15.4. The summed E-state index contributed by atoms with van der Waals surface area (Å²) in [6, 6.07) is 4.32. The molecule has 0 aromatic heterocycles. The summed E-state index contributed by atoms with van der Waals surface area (Å²) < 4.78 is 6.63. The number of carbonyl (C=O) groups excluding carboxylic acids is 1. The molecule has 0 aliphatic carbocycles. The van der Waals surface area contributed by atoms with Crippen molar-refractivity contribution >= 4 is 27.7 Å². The molecule has 110 valence electrons. The fourth-order valence-corrected chi connectivity index (χ4v) is 3.26. The number of anilines is 1. The Bertz CT molecular complexity index is 534. The van der Waals surface area contributed by atoms with Crippen molar-refractivity contribution in [2.75, 3.05) is 4.90 Å². The second-order valence-electron chi connectivity index (χ2n) is 6.47. The number of fused-ring (bicyclic) bond motifs is 1. The summed E-state index contributed by atoms with van der Waals surface area (Å²) in [5.74, 6) is 0. The van der Waals surface area contributed by atoms with Crippen molar-refractivity contribution < 1.29 is 9.53 Å². The summed E-state index contributed by atoms with van der Waals surface area (Å²) in [7, 11) is 0. The second kappa shape index (κ2) is 5.40. The number of ether oxygens (including phenoxy) is 1. The van der Waals surface area contributed by atoms with E-state index in [1.165, 1.54) is 5.56 Å². The minimum absolute atomic E-state index is 0.164. The predicted molar refractivity (Wildman–Crippen MR) is 85.4 cm³/mol. The lowest BCUT2D eigenvalue weighted by Gasteiger charge is -2.37. The number of amides is 1. The molecule has 0 radical (unpaired) electrons. The zero-order valence-electron chi connectivity index (χ0n) is 12.8. The van der Waals surface area contributed by atoms with Gasteiger partial charge in [0.1, 0.15) is 5.60 Å². The van der Waals surface area contributed by atoms with Gasteiger partial charge in [0.2, 0.25) is 0 Å². The van der Waals surface area contributed by atoms with E-state index in [1.54, 1.807) is 0 Å². The van der Waals surface area contributed by atoms with Gasteiger partial charge >= 0.3 is 6.09 Å². The minimum atomic E-state index is -0.475. The van der Waals surface area contributed by atoms with Crippen LogP contribution < -0.4 is 4.90 Å². The van der Waals surface area contributed by atoms with E-state index in [1.807, 2.05) is 38.7 Å².